The minimum atomic E-state index is -0.132. The summed E-state index contributed by atoms with van der Waals surface area (Å²) in [4.78, 5) is 27.4. The summed E-state index contributed by atoms with van der Waals surface area (Å²) in [5.74, 6) is -0.167. The van der Waals surface area contributed by atoms with E-state index < -0.39 is 0 Å². The number of carbonyl (C=O) groups excluding carboxylic acids is 2. The average Bonchev–Trinajstić information content (AvgIpc) is 2.87. The lowest BCUT2D eigenvalue weighted by atomic mass is 9.96. The Hall–Kier alpha value is -3.86. The van der Waals surface area contributed by atoms with Crippen LogP contribution in [0, 0.1) is 5.92 Å². The molecule has 1 aliphatic heterocycles. The summed E-state index contributed by atoms with van der Waals surface area (Å²) in [6, 6.07) is 29.3. The molecule has 1 fully saturated rings. The number of rotatable bonds is 6. The van der Waals surface area contributed by atoms with E-state index in [1.807, 2.05) is 107 Å². The van der Waals surface area contributed by atoms with Gasteiger partial charge < -0.3 is 4.90 Å². The van der Waals surface area contributed by atoms with Crippen molar-refractivity contribution in [1.82, 2.24) is 10.3 Å². The van der Waals surface area contributed by atoms with Crippen molar-refractivity contribution >= 4 is 29.3 Å². The Balaban J connectivity index is 1.36. The number of hydrazine groups is 1. The van der Waals surface area contributed by atoms with Crippen LogP contribution in [0.25, 0.3) is 6.08 Å². The van der Waals surface area contributed by atoms with Crippen LogP contribution in [0.2, 0.25) is 0 Å². The number of amides is 2. The zero-order valence-corrected chi connectivity index (χ0v) is 17.9. The normalized spacial score (nSPS) is 14.3. The predicted molar refractivity (Wildman–Crippen MR) is 128 cm³/mol. The van der Waals surface area contributed by atoms with E-state index in [1.54, 1.807) is 6.08 Å². The third kappa shape index (κ3) is 5.43. The number of hydrogen-bond acceptors (Lipinski definition) is 3. The van der Waals surface area contributed by atoms with Crippen molar-refractivity contribution in [3.05, 3.63) is 103 Å². The van der Waals surface area contributed by atoms with Crippen molar-refractivity contribution < 1.29 is 9.59 Å². The Labute approximate surface area is 188 Å². The van der Waals surface area contributed by atoms with Crippen molar-refractivity contribution in [3.8, 4) is 0 Å². The number of likely N-dealkylation sites (tertiary alicyclic amines) is 1. The van der Waals surface area contributed by atoms with E-state index in [2.05, 4.69) is 5.43 Å². The van der Waals surface area contributed by atoms with Gasteiger partial charge in [-0.05, 0) is 48.7 Å². The minimum absolute atomic E-state index is 0.0112. The van der Waals surface area contributed by atoms with Gasteiger partial charge in [0.2, 0.25) is 11.8 Å². The number of anilines is 2. The van der Waals surface area contributed by atoms with Gasteiger partial charge in [0.1, 0.15) is 0 Å². The van der Waals surface area contributed by atoms with E-state index in [9.17, 15) is 9.59 Å². The number of carbonyl (C=O) groups is 2. The van der Waals surface area contributed by atoms with Crippen LogP contribution in [0.5, 0.6) is 0 Å². The van der Waals surface area contributed by atoms with Crippen LogP contribution in [0.3, 0.4) is 0 Å². The first-order valence-electron chi connectivity index (χ1n) is 10.9. The summed E-state index contributed by atoms with van der Waals surface area (Å²) in [7, 11) is 0. The molecule has 0 atom stereocenters. The molecule has 0 aliphatic carbocycles. The van der Waals surface area contributed by atoms with E-state index in [4.69, 9.17) is 0 Å². The van der Waals surface area contributed by atoms with Gasteiger partial charge in [-0.15, -0.1) is 0 Å². The van der Waals surface area contributed by atoms with E-state index >= 15 is 0 Å². The smallest absolute Gasteiger partial charge is 0.246 e. The van der Waals surface area contributed by atoms with Crippen molar-refractivity contribution in [2.75, 3.05) is 18.1 Å². The fourth-order valence-corrected chi connectivity index (χ4v) is 3.83. The third-order valence-corrected chi connectivity index (χ3v) is 5.65. The minimum Gasteiger partial charge on any atom is -0.339 e. The number of benzene rings is 3. The highest BCUT2D eigenvalue weighted by Gasteiger charge is 2.28. The van der Waals surface area contributed by atoms with E-state index in [0.29, 0.717) is 25.9 Å². The van der Waals surface area contributed by atoms with Gasteiger partial charge in [0.15, 0.2) is 0 Å². The van der Waals surface area contributed by atoms with Gasteiger partial charge in [0, 0.05) is 25.1 Å². The predicted octanol–water partition coefficient (Wildman–Crippen LogP) is 4.81. The summed E-state index contributed by atoms with van der Waals surface area (Å²) >= 11 is 0. The molecule has 5 heteroatoms. The van der Waals surface area contributed by atoms with Gasteiger partial charge in [-0.2, -0.15) is 0 Å². The summed E-state index contributed by atoms with van der Waals surface area (Å²) in [6.45, 7) is 1.15. The fraction of sp³-hybridized carbons (Fsp3) is 0.185. The molecule has 162 valence electrons. The highest BCUT2D eigenvalue weighted by molar-refractivity contribution is 5.92. The Kier molecular flexibility index (Phi) is 6.98. The maximum absolute atomic E-state index is 13.1. The highest BCUT2D eigenvalue weighted by Crippen LogP contribution is 2.24. The molecule has 5 nitrogen and oxygen atoms in total. The van der Waals surface area contributed by atoms with Crippen molar-refractivity contribution in [2.45, 2.75) is 12.8 Å². The molecule has 0 saturated carbocycles. The molecular weight excluding hydrogens is 398 g/mol. The zero-order valence-electron chi connectivity index (χ0n) is 17.9. The van der Waals surface area contributed by atoms with Crippen LogP contribution < -0.4 is 10.4 Å². The molecule has 1 heterocycles. The Morgan fingerprint density at radius 1 is 0.781 bits per heavy atom. The standard InChI is InChI=1S/C27H27N3O2/c31-26(17-16-22-10-4-1-5-11-22)29-20-18-23(19-21-29)27(32)28-30(24-12-6-2-7-13-24)25-14-8-3-9-15-25/h1-17,23H,18-21H2,(H,28,32)/b17-16+. The molecule has 0 bridgehead atoms. The van der Waals surface area contributed by atoms with Crippen molar-refractivity contribution in [1.29, 1.82) is 0 Å². The average molecular weight is 426 g/mol. The largest absolute Gasteiger partial charge is 0.339 e. The first-order valence-corrected chi connectivity index (χ1v) is 10.9. The molecular formula is C27H27N3O2. The Morgan fingerprint density at radius 3 is 1.81 bits per heavy atom. The second-order valence-electron chi connectivity index (χ2n) is 7.83. The molecule has 0 radical (unpaired) electrons. The molecule has 1 aliphatic rings. The SMILES string of the molecule is O=C(NN(c1ccccc1)c1ccccc1)C1CCN(C(=O)/C=C/c2ccccc2)CC1. The molecule has 0 unspecified atom stereocenters. The number of nitrogens with one attached hydrogen (secondary N) is 1. The summed E-state index contributed by atoms with van der Waals surface area (Å²) in [5, 5.41) is 1.82. The molecule has 4 rings (SSSR count). The van der Waals surface area contributed by atoms with Gasteiger partial charge in [-0.1, -0.05) is 66.7 Å². The highest BCUT2D eigenvalue weighted by atomic mass is 16.2. The molecule has 32 heavy (non-hydrogen) atoms. The number of hydrogen-bond donors (Lipinski definition) is 1. The van der Waals surface area contributed by atoms with Crippen LogP contribution in [0.15, 0.2) is 97.1 Å². The Morgan fingerprint density at radius 2 is 1.28 bits per heavy atom. The monoisotopic (exact) mass is 425 g/mol. The van der Waals surface area contributed by atoms with Gasteiger partial charge in [-0.3, -0.25) is 20.0 Å². The quantitative estimate of drug-likeness (QED) is 0.456. The van der Waals surface area contributed by atoms with Crippen LogP contribution in [-0.2, 0) is 9.59 Å². The number of para-hydroxylation sites is 2. The van der Waals surface area contributed by atoms with Gasteiger partial charge in [0.05, 0.1) is 11.4 Å². The zero-order chi connectivity index (χ0) is 22.2. The molecule has 0 aromatic heterocycles. The summed E-state index contributed by atoms with van der Waals surface area (Å²) < 4.78 is 0. The van der Waals surface area contributed by atoms with Crippen molar-refractivity contribution in [2.24, 2.45) is 5.92 Å². The van der Waals surface area contributed by atoms with Crippen LogP contribution in [0.4, 0.5) is 11.4 Å². The number of piperidine rings is 1. The molecule has 3 aromatic carbocycles. The third-order valence-electron chi connectivity index (χ3n) is 5.65. The second kappa shape index (κ2) is 10.4. The van der Waals surface area contributed by atoms with Gasteiger partial charge in [-0.25, -0.2) is 0 Å². The molecule has 2 amide bonds. The lowest BCUT2D eigenvalue weighted by molar-refractivity contribution is -0.132. The van der Waals surface area contributed by atoms with Crippen molar-refractivity contribution in [3.63, 3.8) is 0 Å². The second-order valence-corrected chi connectivity index (χ2v) is 7.83. The maximum atomic E-state index is 13.1. The summed E-state index contributed by atoms with van der Waals surface area (Å²) in [5.41, 5.74) is 5.87. The van der Waals surface area contributed by atoms with Crippen LogP contribution >= 0.6 is 0 Å². The summed E-state index contributed by atoms with van der Waals surface area (Å²) in [6.07, 6.45) is 4.74. The molecule has 1 N–H and O–H groups in total. The number of nitrogens with zero attached hydrogens (tertiary/aromatic N) is 2. The van der Waals surface area contributed by atoms with Crippen LogP contribution in [0.1, 0.15) is 18.4 Å². The Bertz CT molecular complexity index is 1000. The lowest BCUT2D eigenvalue weighted by Crippen LogP contribution is -2.46. The van der Waals surface area contributed by atoms with E-state index in [0.717, 1.165) is 16.9 Å². The molecule has 3 aromatic rings. The molecule has 0 spiro atoms. The van der Waals surface area contributed by atoms with E-state index in [-0.39, 0.29) is 17.7 Å². The lowest BCUT2D eigenvalue weighted by Gasteiger charge is -2.33. The topological polar surface area (TPSA) is 52.7 Å². The van der Waals surface area contributed by atoms with Gasteiger partial charge in [0.25, 0.3) is 0 Å². The first-order chi connectivity index (χ1) is 15.7. The van der Waals surface area contributed by atoms with E-state index in [1.165, 1.54) is 0 Å². The van der Waals surface area contributed by atoms with Gasteiger partial charge >= 0.3 is 0 Å². The fourth-order valence-electron chi connectivity index (χ4n) is 3.83. The maximum Gasteiger partial charge on any atom is 0.246 e. The molecule has 1 saturated heterocycles. The first kappa shape index (κ1) is 21.4. The van der Waals surface area contributed by atoms with Crippen LogP contribution in [-0.4, -0.2) is 29.8 Å².